The highest BCUT2D eigenvalue weighted by Gasteiger charge is 2.29. The molecule has 7 nitrogen and oxygen atoms in total. The Morgan fingerprint density at radius 1 is 1.11 bits per heavy atom. The van der Waals surface area contributed by atoms with Crippen molar-refractivity contribution in [3.8, 4) is 0 Å². The van der Waals surface area contributed by atoms with Gasteiger partial charge in [-0.05, 0) is 85.8 Å². The first kappa shape index (κ1) is 25.5. The molecule has 1 aromatic heterocycles. The number of rotatable bonds is 8. The number of benzene rings is 1. The molecule has 1 saturated heterocycles. The van der Waals surface area contributed by atoms with Crippen molar-refractivity contribution in [3.63, 3.8) is 0 Å². The molecule has 0 N–H and O–H groups in total. The summed E-state index contributed by atoms with van der Waals surface area (Å²) in [6.45, 7) is 1.64. The fourth-order valence-electron chi connectivity index (χ4n) is 4.83. The fraction of sp³-hybridized carbons (Fsp3) is 0.519. The van der Waals surface area contributed by atoms with Gasteiger partial charge in [-0.3, -0.25) is 4.79 Å². The van der Waals surface area contributed by atoms with Gasteiger partial charge in [-0.15, -0.1) is 0 Å². The highest BCUT2D eigenvalue weighted by Crippen LogP contribution is 2.36. The normalized spacial score (nSPS) is 21.2. The van der Waals surface area contributed by atoms with E-state index in [4.69, 9.17) is 18.6 Å². The molecule has 4 rings (SSSR count). The van der Waals surface area contributed by atoms with Gasteiger partial charge in [0.2, 0.25) is 5.91 Å². The summed E-state index contributed by atoms with van der Waals surface area (Å²) >= 11 is 1.56. The second kappa shape index (κ2) is 12.4. The smallest absolute Gasteiger partial charge is 0.330 e. The lowest BCUT2D eigenvalue weighted by Gasteiger charge is -2.29. The molecule has 0 bridgehead atoms. The molecule has 1 saturated carbocycles. The number of aromatic nitrogens is 1. The quantitative estimate of drug-likeness (QED) is 0.378. The molecule has 35 heavy (non-hydrogen) atoms. The molecular formula is C27H34N2O5S. The second-order valence-electron chi connectivity index (χ2n) is 9.19. The number of esters is 1. The number of nitrogens with zero attached hydrogens (tertiary/aromatic N) is 2. The standard InChI is InChI=1S/C27H34N2O5S/c1-32-24-9-7-20(8-10-24)25-17-22(28-35-25)18-29(27(31)21-12-14-34-15-13-21)23-5-3-4-19(16-23)6-11-26(30)33-2/h3-6,11,16-17,20-21,24H,7-10,12-15,18H2,1-2H3/b11-6+. The van der Waals surface area contributed by atoms with E-state index >= 15 is 0 Å². The van der Waals surface area contributed by atoms with Crippen LogP contribution in [-0.4, -0.2) is 49.8 Å². The van der Waals surface area contributed by atoms with Gasteiger partial charge in [0.05, 0.1) is 25.5 Å². The third-order valence-corrected chi connectivity index (χ3v) is 7.93. The van der Waals surface area contributed by atoms with E-state index in [1.807, 2.05) is 29.2 Å². The van der Waals surface area contributed by atoms with Crippen molar-refractivity contribution in [2.45, 2.75) is 57.1 Å². The van der Waals surface area contributed by atoms with Crippen LogP contribution in [-0.2, 0) is 30.3 Å². The first-order valence-corrected chi connectivity index (χ1v) is 13.1. The molecule has 2 aliphatic rings. The van der Waals surface area contributed by atoms with Gasteiger partial charge in [-0.25, -0.2) is 4.79 Å². The molecule has 2 fully saturated rings. The number of methoxy groups -OCH3 is 2. The van der Waals surface area contributed by atoms with Gasteiger partial charge in [0.15, 0.2) is 0 Å². The predicted octanol–water partition coefficient (Wildman–Crippen LogP) is 4.96. The van der Waals surface area contributed by atoms with Crippen molar-refractivity contribution < 1.29 is 23.8 Å². The average Bonchev–Trinajstić information content (AvgIpc) is 3.39. The highest BCUT2D eigenvalue weighted by atomic mass is 32.1. The van der Waals surface area contributed by atoms with E-state index in [1.165, 1.54) is 18.1 Å². The van der Waals surface area contributed by atoms with Crippen LogP contribution in [0.3, 0.4) is 0 Å². The molecule has 0 atom stereocenters. The molecule has 1 amide bonds. The zero-order chi connectivity index (χ0) is 24.6. The van der Waals surface area contributed by atoms with Crippen molar-refractivity contribution >= 4 is 35.2 Å². The minimum atomic E-state index is -0.417. The van der Waals surface area contributed by atoms with Crippen LogP contribution in [0.4, 0.5) is 5.69 Å². The van der Waals surface area contributed by atoms with E-state index < -0.39 is 5.97 Å². The summed E-state index contributed by atoms with van der Waals surface area (Å²) in [5.74, 6) is 0.122. The van der Waals surface area contributed by atoms with Gasteiger partial charge in [-0.1, -0.05) is 12.1 Å². The summed E-state index contributed by atoms with van der Waals surface area (Å²) in [7, 11) is 3.14. The Hall–Kier alpha value is -2.55. The van der Waals surface area contributed by atoms with Crippen LogP contribution in [0.1, 0.15) is 60.6 Å². The average molecular weight is 499 g/mol. The number of carbonyl (C=O) groups excluding carboxylic acids is 2. The van der Waals surface area contributed by atoms with Crippen LogP contribution < -0.4 is 4.90 Å². The van der Waals surface area contributed by atoms with Crippen LogP contribution in [0.25, 0.3) is 6.08 Å². The van der Waals surface area contributed by atoms with Gasteiger partial charge in [-0.2, -0.15) is 4.37 Å². The molecule has 1 aliphatic carbocycles. The summed E-state index contributed by atoms with van der Waals surface area (Å²) in [6.07, 6.45) is 9.28. The van der Waals surface area contributed by atoms with E-state index in [9.17, 15) is 9.59 Å². The van der Waals surface area contributed by atoms with Crippen LogP contribution in [0.5, 0.6) is 0 Å². The van der Waals surface area contributed by atoms with E-state index in [0.29, 0.717) is 31.8 Å². The molecule has 8 heteroatoms. The van der Waals surface area contributed by atoms with Gasteiger partial charge in [0, 0.05) is 42.9 Å². The van der Waals surface area contributed by atoms with Gasteiger partial charge in [0.1, 0.15) is 0 Å². The largest absolute Gasteiger partial charge is 0.466 e. The Kier molecular flexibility index (Phi) is 9.06. The highest BCUT2D eigenvalue weighted by molar-refractivity contribution is 7.05. The first-order chi connectivity index (χ1) is 17.1. The number of ether oxygens (including phenoxy) is 3. The maximum absolute atomic E-state index is 13.6. The second-order valence-corrected chi connectivity index (χ2v) is 10.0. The van der Waals surface area contributed by atoms with Crippen LogP contribution in [0, 0.1) is 5.92 Å². The third-order valence-electron chi connectivity index (χ3n) is 6.94. The van der Waals surface area contributed by atoms with Crippen molar-refractivity contribution in [2.75, 3.05) is 32.3 Å². The zero-order valence-electron chi connectivity index (χ0n) is 20.5. The number of amides is 1. The predicted molar refractivity (Wildman–Crippen MR) is 136 cm³/mol. The Morgan fingerprint density at radius 2 is 1.89 bits per heavy atom. The number of anilines is 1. The van der Waals surface area contributed by atoms with Gasteiger partial charge in [0.25, 0.3) is 0 Å². The molecular weight excluding hydrogens is 464 g/mol. The van der Waals surface area contributed by atoms with Crippen LogP contribution in [0.15, 0.2) is 36.4 Å². The summed E-state index contributed by atoms with van der Waals surface area (Å²) in [5.41, 5.74) is 2.53. The molecule has 0 spiro atoms. The topological polar surface area (TPSA) is 78.0 Å². The molecule has 0 radical (unpaired) electrons. The lowest BCUT2D eigenvalue weighted by molar-refractivity contribution is -0.134. The summed E-state index contributed by atoms with van der Waals surface area (Å²) in [5, 5.41) is 0. The minimum absolute atomic E-state index is 0.0690. The first-order valence-electron chi connectivity index (χ1n) is 12.3. The summed E-state index contributed by atoms with van der Waals surface area (Å²) < 4.78 is 20.4. The molecule has 0 unspecified atom stereocenters. The van der Waals surface area contributed by atoms with E-state index in [-0.39, 0.29) is 11.8 Å². The SMILES string of the molecule is COC(=O)/C=C/c1cccc(N(Cc2cc(C3CCC(OC)CC3)sn2)C(=O)C2CCOCC2)c1. The Labute approximate surface area is 211 Å². The van der Waals surface area contributed by atoms with Gasteiger partial charge >= 0.3 is 5.97 Å². The van der Waals surface area contributed by atoms with Crippen LogP contribution in [0.2, 0.25) is 0 Å². The zero-order valence-corrected chi connectivity index (χ0v) is 21.3. The van der Waals surface area contributed by atoms with E-state index in [1.54, 1.807) is 24.7 Å². The summed E-state index contributed by atoms with van der Waals surface area (Å²) in [6, 6.07) is 9.84. The number of hydrogen-bond acceptors (Lipinski definition) is 7. The molecule has 2 heterocycles. The van der Waals surface area contributed by atoms with Crippen molar-refractivity contribution in [1.29, 1.82) is 0 Å². The van der Waals surface area contributed by atoms with Crippen LogP contribution >= 0.6 is 11.5 Å². The Bertz CT molecular complexity index is 1020. The molecule has 1 aromatic carbocycles. The van der Waals surface area contributed by atoms with E-state index in [2.05, 4.69) is 6.07 Å². The monoisotopic (exact) mass is 498 g/mol. The Balaban J connectivity index is 1.54. The Morgan fingerprint density at radius 3 is 2.60 bits per heavy atom. The minimum Gasteiger partial charge on any atom is -0.466 e. The molecule has 1 aliphatic heterocycles. The van der Waals surface area contributed by atoms with Crippen molar-refractivity contribution in [2.24, 2.45) is 5.92 Å². The van der Waals surface area contributed by atoms with Gasteiger partial charge < -0.3 is 19.1 Å². The van der Waals surface area contributed by atoms with Crippen molar-refractivity contribution in [3.05, 3.63) is 52.5 Å². The lowest BCUT2D eigenvalue weighted by Crippen LogP contribution is -2.38. The number of carbonyl (C=O) groups is 2. The molecule has 188 valence electrons. The number of hydrogen-bond donors (Lipinski definition) is 0. The lowest BCUT2D eigenvalue weighted by atomic mass is 9.86. The van der Waals surface area contributed by atoms with Crippen molar-refractivity contribution in [1.82, 2.24) is 4.37 Å². The maximum Gasteiger partial charge on any atom is 0.330 e. The fourth-order valence-corrected chi connectivity index (χ4v) is 5.74. The summed E-state index contributed by atoms with van der Waals surface area (Å²) in [4.78, 5) is 28.3. The van der Waals surface area contributed by atoms with E-state index in [0.717, 1.165) is 55.5 Å². The molecule has 2 aromatic rings. The maximum atomic E-state index is 13.6. The third kappa shape index (κ3) is 6.78.